The highest BCUT2D eigenvalue weighted by Gasteiger charge is 2.52. The molecular formula is C28H31BrF3N5O6. The Morgan fingerprint density at radius 1 is 1.16 bits per heavy atom. The molecule has 0 radical (unpaired) electrons. The van der Waals surface area contributed by atoms with Crippen molar-refractivity contribution in [3.05, 3.63) is 64.0 Å². The van der Waals surface area contributed by atoms with Crippen LogP contribution in [0.1, 0.15) is 11.6 Å². The number of benzene rings is 2. The van der Waals surface area contributed by atoms with Gasteiger partial charge in [-0.2, -0.15) is 0 Å². The number of ether oxygens (including phenoxy) is 2. The van der Waals surface area contributed by atoms with E-state index >= 15 is 0 Å². The number of carbonyl (C=O) groups excluding carboxylic acids is 1. The summed E-state index contributed by atoms with van der Waals surface area (Å²) in [6.45, 7) is 1.88. The van der Waals surface area contributed by atoms with E-state index in [1.807, 2.05) is 24.9 Å². The highest BCUT2D eigenvalue weighted by molar-refractivity contribution is 9.10. The Morgan fingerprint density at radius 3 is 2.44 bits per heavy atom. The van der Waals surface area contributed by atoms with Crippen molar-refractivity contribution in [1.29, 1.82) is 0 Å². The fourth-order valence-electron chi connectivity index (χ4n) is 5.80. The molecule has 0 saturated carbocycles. The van der Waals surface area contributed by atoms with E-state index < -0.39 is 72.6 Å². The zero-order chi connectivity index (χ0) is 31.2. The first-order valence-corrected chi connectivity index (χ1v) is 14.2. The Morgan fingerprint density at radius 2 is 1.86 bits per heavy atom. The lowest BCUT2D eigenvalue weighted by molar-refractivity contribution is -0.211. The molecule has 2 aliphatic heterocycles. The topological polar surface area (TPSA) is 133 Å². The smallest absolute Gasteiger partial charge is 0.259 e. The van der Waals surface area contributed by atoms with Crippen molar-refractivity contribution in [2.45, 2.75) is 49.5 Å². The first-order chi connectivity index (χ1) is 20.4. The molecule has 3 aromatic rings. The van der Waals surface area contributed by atoms with E-state index in [1.54, 1.807) is 12.1 Å². The van der Waals surface area contributed by atoms with Crippen molar-refractivity contribution < 1.29 is 42.8 Å². The average Bonchev–Trinajstić information content (AvgIpc) is 3.56. The number of anilines is 1. The van der Waals surface area contributed by atoms with E-state index in [1.165, 1.54) is 18.2 Å². The predicted octanol–water partition coefficient (Wildman–Crippen LogP) is 1.82. The summed E-state index contributed by atoms with van der Waals surface area (Å²) in [5, 5.41) is 40.2. The van der Waals surface area contributed by atoms with E-state index in [-0.39, 0.29) is 11.3 Å². The number of halogens is 4. The van der Waals surface area contributed by atoms with Gasteiger partial charge in [-0.15, -0.1) is 5.10 Å². The summed E-state index contributed by atoms with van der Waals surface area (Å²) in [6.07, 6.45) is -4.95. The van der Waals surface area contributed by atoms with Gasteiger partial charge in [0.05, 0.1) is 24.9 Å². The third-order valence-corrected chi connectivity index (χ3v) is 8.25. The standard InChI is InChI=1S/C28H31BrF3N5O6/c1-13-4-15(29)8-16(5-13)37(20-10-35(2)11-21(20)39)28(41)27-26(42-3)24(25(40)22(12-38)43-27)36-9-19(33-34-36)14-6-17(30)23(32)18(31)7-14/h4-9,20-22,24-27,38-40H,10-12H2,1-3H3/t20-,21-,22?,24?,25?,26?,27?/m0/s1. The Hall–Kier alpha value is -2.92. The first-order valence-electron chi connectivity index (χ1n) is 13.4. The van der Waals surface area contributed by atoms with Crippen LogP contribution in [-0.4, -0.2) is 112 Å². The monoisotopic (exact) mass is 669 g/mol. The summed E-state index contributed by atoms with van der Waals surface area (Å²) in [6, 6.07) is 5.08. The van der Waals surface area contributed by atoms with E-state index in [9.17, 15) is 33.3 Å². The van der Waals surface area contributed by atoms with E-state index in [0.717, 1.165) is 22.4 Å². The lowest BCUT2D eigenvalue weighted by Gasteiger charge is -2.45. The van der Waals surface area contributed by atoms with E-state index in [2.05, 4.69) is 26.2 Å². The highest BCUT2D eigenvalue weighted by atomic mass is 79.9. The molecule has 1 amide bonds. The number of aryl methyl sites for hydroxylation is 1. The van der Waals surface area contributed by atoms with Crippen LogP contribution in [-0.2, 0) is 14.3 Å². The number of aromatic nitrogens is 3. The fourth-order valence-corrected chi connectivity index (χ4v) is 6.40. The Balaban J connectivity index is 1.55. The summed E-state index contributed by atoms with van der Waals surface area (Å²) in [5.74, 6) is -5.06. The number of carbonyl (C=O) groups is 1. The van der Waals surface area contributed by atoms with Gasteiger partial charge < -0.3 is 34.6 Å². The second kappa shape index (κ2) is 12.6. The zero-order valence-corrected chi connectivity index (χ0v) is 25.0. The fraction of sp³-hybridized carbons (Fsp3) is 0.464. The van der Waals surface area contributed by atoms with Crippen LogP contribution in [0.15, 0.2) is 41.0 Å². The Kier molecular flexibility index (Phi) is 9.23. The molecule has 7 atom stereocenters. The minimum Gasteiger partial charge on any atom is -0.394 e. The number of aliphatic hydroxyl groups excluding tert-OH is 3. The zero-order valence-electron chi connectivity index (χ0n) is 23.4. The number of likely N-dealkylation sites (N-methyl/N-ethyl adjacent to an activating group) is 1. The number of aliphatic hydroxyl groups is 3. The number of nitrogens with zero attached hydrogens (tertiary/aromatic N) is 5. The van der Waals surface area contributed by atoms with Crippen LogP contribution in [0.4, 0.5) is 18.9 Å². The SMILES string of the molecule is COC1C(C(=O)N(c2cc(C)cc(Br)c2)[C@H]2CN(C)C[C@@H]2O)OC(CO)C(O)C1n1cc(-c2cc(F)c(F)c(F)c2)nn1. The molecule has 3 N–H and O–H groups in total. The van der Waals surface area contributed by atoms with Crippen molar-refractivity contribution in [3.8, 4) is 11.3 Å². The Bertz CT molecular complexity index is 1450. The summed E-state index contributed by atoms with van der Waals surface area (Å²) in [4.78, 5) is 17.8. The molecule has 2 fully saturated rings. The highest BCUT2D eigenvalue weighted by Crippen LogP contribution is 2.36. The van der Waals surface area contributed by atoms with Crippen LogP contribution in [0.3, 0.4) is 0 Å². The van der Waals surface area contributed by atoms with Gasteiger partial charge in [-0.1, -0.05) is 21.1 Å². The maximum Gasteiger partial charge on any atom is 0.259 e. The molecule has 15 heteroatoms. The van der Waals surface area contributed by atoms with Crippen LogP contribution in [0.2, 0.25) is 0 Å². The molecule has 2 aliphatic rings. The van der Waals surface area contributed by atoms with Gasteiger partial charge >= 0.3 is 0 Å². The molecular weight excluding hydrogens is 639 g/mol. The van der Waals surface area contributed by atoms with Gasteiger partial charge in [-0.25, -0.2) is 17.9 Å². The summed E-state index contributed by atoms with van der Waals surface area (Å²) in [7, 11) is 3.13. The molecule has 11 nitrogen and oxygen atoms in total. The number of hydrogen-bond donors (Lipinski definition) is 3. The molecule has 43 heavy (non-hydrogen) atoms. The summed E-state index contributed by atoms with van der Waals surface area (Å²) < 4.78 is 54.9. The summed E-state index contributed by atoms with van der Waals surface area (Å²) in [5.41, 5.74) is 1.18. The van der Waals surface area contributed by atoms with Crippen LogP contribution >= 0.6 is 15.9 Å². The van der Waals surface area contributed by atoms with Crippen molar-refractivity contribution in [3.63, 3.8) is 0 Å². The van der Waals surface area contributed by atoms with Crippen molar-refractivity contribution in [2.24, 2.45) is 0 Å². The Labute approximate surface area is 253 Å². The molecule has 1 aromatic heterocycles. The molecule has 2 aromatic carbocycles. The minimum absolute atomic E-state index is 0.0434. The third kappa shape index (κ3) is 6.07. The molecule has 5 rings (SSSR count). The van der Waals surface area contributed by atoms with Gasteiger partial charge in [0.25, 0.3) is 5.91 Å². The average molecular weight is 670 g/mol. The van der Waals surface area contributed by atoms with Gasteiger partial charge in [0.2, 0.25) is 0 Å². The summed E-state index contributed by atoms with van der Waals surface area (Å²) >= 11 is 3.47. The van der Waals surface area contributed by atoms with Crippen molar-refractivity contribution in [1.82, 2.24) is 19.9 Å². The molecule has 0 aliphatic carbocycles. The van der Waals surface area contributed by atoms with Crippen molar-refractivity contribution >= 4 is 27.5 Å². The number of hydrogen-bond acceptors (Lipinski definition) is 9. The molecule has 232 valence electrons. The first kappa shape index (κ1) is 31.5. The molecule has 2 saturated heterocycles. The number of β-amino-alcohol motifs (C(OH)–C–C–N with tert-alkyl or cyclic N) is 1. The van der Waals surface area contributed by atoms with Gasteiger partial charge in [-0.05, 0) is 49.9 Å². The third-order valence-electron chi connectivity index (χ3n) is 7.79. The maximum atomic E-state index is 14.5. The van der Waals surface area contributed by atoms with Crippen LogP contribution in [0, 0.1) is 24.4 Å². The van der Waals surface area contributed by atoms with Crippen LogP contribution in [0.5, 0.6) is 0 Å². The van der Waals surface area contributed by atoms with Gasteiger partial charge in [0.1, 0.15) is 30.0 Å². The second-order valence-electron chi connectivity index (χ2n) is 10.8. The second-order valence-corrected chi connectivity index (χ2v) is 11.8. The lowest BCUT2D eigenvalue weighted by Crippen LogP contribution is -2.63. The normalized spacial score (nSPS) is 27.9. The molecule has 3 heterocycles. The minimum atomic E-state index is -1.63. The molecule has 0 spiro atoms. The molecule has 0 bridgehead atoms. The van der Waals surface area contributed by atoms with E-state index in [0.29, 0.717) is 23.2 Å². The number of methoxy groups -OCH3 is 1. The lowest BCUT2D eigenvalue weighted by atomic mass is 9.91. The maximum absolute atomic E-state index is 14.5. The van der Waals surface area contributed by atoms with Gasteiger partial charge in [0, 0.05) is 35.9 Å². The quantitative estimate of drug-likeness (QED) is 0.322. The number of amides is 1. The van der Waals surface area contributed by atoms with Gasteiger partial charge in [0.15, 0.2) is 23.6 Å². The number of likely N-dealkylation sites (tertiary alicyclic amines) is 1. The largest absolute Gasteiger partial charge is 0.394 e. The van der Waals surface area contributed by atoms with Crippen LogP contribution < -0.4 is 4.90 Å². The van der Waals surface area contributed by atoms with Crippen molar-refractivity contribution in [2.75, 3.05) is 38.8 Å². The van der Waals surface area contributed by atoms with Crippen LogP contribution in [0.25, 0.3) is 11.3 Å². The predicted molar refractivity (Wildman–Crippen MR) is 151 cm³/mol. The van der Waals surface area contributed by atoms with E-state index in [4.69, 9.17) is 9.47 Å². The number of rotatable bonds is 7. The van der Waals surface area contributed by atoms with Gasteiger partial charge in [-0.3, -0.25) is 4.79 Å². The molecule has 5 unspecified atom stereocenters.